The molecule has 36 heavy (non-hydrogen) atoms. The van der Waals surface area contributed by atoms with Gasteiger partial charge in [-0.15, -0.1) is 0 Å². The summed E-state index contributed by atoms with van der Waals surface area (Å²) < 4.78 is 26.0. The Hall–Kier alpha value is -2.58. The molecule has 1 aliphatic carbocycles. The fourth-order valence-corrected chi connectivity index (χ4v) is 5.76. The fraction of sp³-hybridized carbons (Fsp3) is 0.481. The molecule has 1 saturated carbocycles. The van der Waals surface area contributed by atoms with Crippen LogP contribution in [0.2, 0.25) is 5.02 Å². The highest BCUT2D eigenvalue weighted by molar-refractivity contribution is 7.92. The van der Waals surface area contributed by atoms with Crippen molar-refractivity contribution in [3.05, 3.63) is 65.2 Å². The first-order valence-corrected chi connectivity index (χ1v) is 14.7. The van der Waals surface area contributed by atoms with Crippen molar-refractivity contribution < 1.29 is 18.0 Å². The first-order valence-electron chi connectivity index (χ1n) is 12.5. The van der Waals surface area contributed by atoms with E-state index in [0.717, 1.165) is 37.5 Å². The van der Waals surface area contributed by atoms with Crippen LogP contribution in [0, 0.1) is 0 Å². The minimum Gasteiger partial charge on any atom is -0.352 e. The van der Waals surface area contributed by atoms with Crippen molar-refractivity contribution in [2.45, 2.75) is 70.5 Å². The summed E-state index contributed by atoms with van der Waals surface area (Å²) in [6, 6.07) is 15.5. The normalized spacial score (nSPS) is 15.2. The molecule has 3 rings (SSSR count). The van der Waals surface area contributed by atoms with Gasteiger partial charge in [0, 0.05) is 30.6 Å². The Balaban J connectivity index is 1.70. The van der Waals surface area contributed by atoms with Crippen molar-refractivity contribution in [1.82, 2.24) is 10.2 Å². The summed E-state index contributed by atoms with van der Waals surface area (Å²) in [6.07, 6.45) is 6.90. The van der Waals surface area contributed by atoms with E-state index in [9.17, 15) is 18.0 Å². The van der Waals surface area contributed by atoms with E-state index in [1.54, 1.807) is 48.2 Å². The van der Waals surface area contributed by atoms with Gasteiger partial charge in [0.2, 0.25) is 21.8 Å². The predicted molar refractivity (Wildman–Crippen MR) is 144 cm³/mol. The minimum absolute atomic E-state index is 0.112. The fourth-order valence-electron chi connectivity index (χ4n) is 4.58. The molecule has 1 unspecified atom stereocenters. The molecule has 1 aliphatic rings. The zero-order chi connectivity index (χ0) is 26.1. The van der Waals surface area contributed by atoms with Gasteiger partial charge in [-0.2, -0.15) is 0 Å². The Morgan fingerprint density at radius 1 is 1.06 bits per heavy atom. The monoisotopic (exact) mass is 533 g/mol. The number of hydrogen-bond donors (Lipinski definition) is 1. The maximum Gasteiger partial charge on any atom is 0.242 e. The molecule has 1 N–H and O–H groups in total. The molecule has 0 heterocycles. The van der Waals surface area contributed by atoms with Crippen LogP contribution in [-0.4, -0.2) is 50.0 Å². The molecule has 0 radical (unpaired) electrons. The van der Waals surface area contributed by atoms with Crippen LogP contribution in [-0.2, 0) is 26.2 Å². The number of halogens is 1. The Labute approximate surface area is 219 Å². The van der Waals surface area contributed by atoms with Gasteiger partial charge in [0.25, 0.3) is 0 Å². The van der Waals surface area contributed by atoms with Gasteiger partial charge >= 0.3 is 0 Å². The van der Waals surface area contributed by atoms with E-state index >= 15 is 0 Å². The number of amides is 2. The summed E-state index contributed by atoms with van der Waals surface area (Å²) in [4.78, 5) is 28.0. The third-order valence-corrected chi connectivity index (χ3v) is 7.99. The second-order valence-electron chi connectivity index (χ2n) is 9.45. The largest absolute Gasteiger partial charge is 0.352 e. The lowest BCUT2D eigenvalue weighted by atomic mass is 9.95. The van der Waals surface area contributed by atoms with Gasteiger partial charge < -0.3 is 10.2 Å². The average Bonchev–Trinajstić information content (AvgIpc) is 2.85. The molecule has 2 aromatic carbocycles. The van der Waals surface area contributed by atoms with Gasteiger partial charge in [-0.25, -0.2) is 8.42 Å². The Bertz CT molecular complexity index is 1120. The van der Waals surface area contributed by atoms with E-state index in [4.69, 9.17) is 11.6 Å². The number of anilines is 1. The molecule has 0 spiro atoms. The highest BCUT2D eigenvalue weighted by Crippen LogP contribution is 2.21. The van der Waals surface area contributed by atoms with E-state index in [0.29, 0.717) is 17.1 Å². The quantitative estimate of drug-likeness (QED) is 0.451. The predicted octanol–water partition coefficient (Wildman–Crippen LogP) is 4.75. The first-order chi connectivity index (χ1) is 17.1. The number of nitrogens with zero attached hydrogens (tertiary/aromatic N) is 2. The number of carbonyl (C=O) groups is 2. The molecule has 0 saturated heterocycles. The summed E-state index contributed by atoms with van der Waals surface area (Å²) >= 11 is 6.15. The molecular formula is C27H36ClN3O4S. The highest BCUT2D eigenvalue weighted by atomic mass is 35.5. The summed E-state index contributed by atoms with van der Waals surface area (Å²) in [5.74, 6) is -0.373. The lowest BCUT2D eigenvalue weighted by Gasteiger charge is -2.31. The van der Waals surface area contributed by atoms with Crippen molar-refractivity contribution in [2.24, 2.45) is 0 Å². The minimum atomic E-state index is -3.51. The van der Waals surface area contributed by atoms with Crippen molar-refractivity contribution in [3.63, 3.8) is 0 Å². The van der Waals surface area contributed by atoms with Crippen LogP contribution in [0.25, 0.3) is 0 Å². The van der Waals surface area contributed by atoms with Gasteiger partial charge in [0.1, 0.15) is 6.04 Å². The van der Waals surface area contributed by atoms with Crippen molar-refractivity contribution in [3.8, 4) is 0 Å². The molecule has 2 aromatic rings. The highest BCUT2D eigenvalue weighted by Gasteiger charge is 2.28. The Kier molecular flexibility index (Phi) is 10.2. The lowest BCUT2D eigenvalue weighted by Crippen LogP contribution is -2.50. The zero-order valence-corrected chi connectivity index (χ0v) is 22.6. The second-order valence-corrected chi connectivity index (χ2v) is 11.8. The summed E-state index contributed by atoms with van der Waals surface area (Å²) in [7, 11) is -3.51. The number of nitrogens with one attached hydrogen (secondary N) is 1. The third kappa shape index (κ3) is 8.23. The zero-order valence-electron chi connectivity index (χ0n) is 21.0. The van der Waals surface area contributed by atoms with Crippen LogP contribution in [0.4, 0.5) is 5.69 Å². The maximum atomic E-state index is 13.4. The summed E-state index contributed by atoms with van der Waals surface area (Å²) in [6.45, 7) is 2.16. The van der Waals surface area contributed by atoms with Crippen molar-refractivity contribution >= 4 is 39.1 Å². The molecule has 1 fully saturated rings. The molecule has 7 nitrogen and oxygen atoms in total. The SMILES string of the molecule is CC(C(=O)NC1CCCCC1)N(Cc1cccc(Cl)c1)C(=O)CCCN(c1ccccc1)S(C)(=O)=O. The molecule has 9 heteroatoms. The summed E-state index contributed by atoms with van der Waals surface area (Å²) in [5.41, 5.74) is 1.39. The van der Waals surface area contributed by atoms with Crippen LogP contribution < -0.4 is 9.62 Å². The average molecular weight is 534 g/mol. The van der Waals surface area contributed by atoms with E-state index in [1.807, 2.05) is 18.2 Å². The first kappa shape index (κ1) is 28.0. The molecule has 1 atom stereocenters. The molecule has 0 aliphatic heterocycles. The second kappa shape index (κ2) is 13.1. The smallest absolute Gasteiger partial charge is 0.242 e. The van der Waals surface area contributed by atoms with E-state index in [2.05, 4.69) is 5.32 Å². The van der Waals surface area contributed by atoms with Crippen molar-refractivity contribution in [2.75, 3.05) is 17.1 Å². The Morgan fingerprint density at radius 3 is 2.39 bits per heavy atom. The number of carbonyl (C=O) groups excluding carboxylic acids is 2. The lowest BCUT2D eigenvalue weighted by molar-refractivity contribution is -0.141. The Morgan fingerprint density at radius 2 is 1.75 bits per heavy atom. The number of benzene rings is 2. The van der Waals surface area contributed by atoms with E-state index in [1.165, 1.54) is 10.7 Å². The number of rotatable bonds is 11. The van der Waals surface area contributed by atoms with E-state index < -0.39 is 16.1 Å². The standard InChI is InChI=1S/C27H36ClN3O4S/c1-21(27(33)29-24-13-5-3-6-14-24)30(20-22-11-9-12-23(28)19-22)26(32)17-10-18-31(36(2,34)35)25-15-7-4-8-16-25/h4,7-9,11-12,15-16,19,21,24H,3,5-6,10,13-14,17-18,20H2,1-2H3,(H,29,33). The molecule has 2 amide bonds. The van der Waals surface area contributed by atoms with Crippen LogP contribution in [0.5, 0.6) is 0 Å². The molecular weight excluding hydrogens is 498 g/mol. The molecule has 0 bridgehead atoms. The van der Waals surface area contributed by atoms with Crippen molar-refractivity contribution in [1.29, 1.82) is 0 Å². The van der Waals surface area contributed by atoms with Crippen LogP contribution >= 0.6 is 11.6 Å². The van der Waals surface area contributed by atoms with E-state index in [-0.39, 0.29) is 37.4 Å². The van der Waals surface area contributed by atoms with Crippen LogP contribution in [0.15, 0.2) is 54.6 Å². The van der Waals surface area contributed by atoms with Crippen LogP contribution in [0.1, 0.15) is 57.4 Å². The van der Waals surface area contributed by atoms with Gasteiger partial charge in [-0.1, -0.05) is 61.2 Å². The topological polar surface area (TPSA) is 86.8 Å². The van der Waals surface area contributed by atoms with Gasteiger partial charge in [-0.05, 0) is 56.0 Å². The summed E-state index contributed by atoms with van der Waals surface area (Å²) in [5, 5.41) is 3.68. The number of para-hydroxylation sites is 1. The van der Waals surface area contributed by atoms with Gasteiger partial charge in [-0.3, -0.25) is 13.9 Å². The van der Waals surface area contributed by atoms with Gasteiger partial charge in [0.15, 0.2) is 0 Å². The maximum absolute atomic E-state index is 13.4. The van der Waals surface area contributed by atoms with Gasteiger partial charge in [0.05, 0.1) is 11.9 Å². The molecule has 196 valence electrons. The van der Waals surface area contributed by atoms with Crippen LogP contribution in [0.3, 0.4) is 0 Å². The third-order valence-electron chi connectivity index (χ3n) is 6.56. The number of sulfonamides is 1. The number of hydrogen-bond acceptors (Lipinski definition) is 4. The molecule has 0 aromatic heterocycles.